The highest BCUT2D eigenvalue weighted by molar-refractivity contribution is 5.96. The Hall–Kier alpha value is -2.16. The molecule has 0 aromatic heterocycles. The Balaban J connectivity index is 2.49. The summed E-state index contributed by atoms with van der Waals surface area (Å²) in [7, 11) is 0. The van der Waals surface area contributed by atoms with E-state index in [1.54, 1.807) is 6.07 Å². The van der Waals surface area contributed by atoms with Gasteiger partial charge in [-0.25, -0.2) is 4.39 Å². The molecule has 2 nitrogen and oxygen atoms in total. The molecule has 0 fully saturated rings. The van der Waals surface area contributed by atoms with E-state index in [2.05, 4.69) is 0 Å². The van der Waals surface area contributed by atoms with Crippen LogP contribution in [-0.2, 0) is 0 Å². The van der Waals surface area contributed by atoms with Crippen LogP contribution in [-0.4, -0.2) is 5.78 Å². The lowest BCUT2D eigenvalue weighted by Gasteiger charge is -2.12. The van der Waals surface area contributed by atoms with Crippen molar-refractivity contribution in [3.8, 4) is 11.5 Å². The third-order valence-electron chi connectivity index (χ3n) is 2.90. The predicted molar refractivity (Wildman–Crippen MR) is 72.4 cm³/mol. The minimum atomic E-state index is -0.534. The zero-order valence-corrected chi connectivity index (χ0v) is 11.2. The Morgan fingerprint density at radius 2 is 1.89 bits per heavy atom. The number of hydrogen-bond acceptors (Lipinski definition) is 2. The number of para-hydroxylation sites is 1. The summed E-state index contributed by atoms with van der Waals surface area (Å²) in [6, 6.07) is 10.0. The van der Waals surface area contributed by atoms with Crippen LogP contribution in [0.5, 0.6) is 11.5 Å². The number of aryl methyl sites for hydroxylation is 2. The molecule has 2 aromatic rings. The fourth-order valence-electron chi connectivity index (χ4n) is 1.82. The van der Waals surface area contributed by atoms with E-state index < -0.39 is 5.82 Å². The number of carbonyl (C=O) groups is 1. The van der Waals surface area contributed by atoms with E-state index >= 15 is 0 Å². The summed E-state index contributed by atoms with van der Waals surface area (Å²) in [6.45, 7) is 5.20. The number of rotatable bonds is 3. The fraction of sp³-hybridized carbons (Fsp3) is 0.188. The van der Waals surface area contributed by atoms with Gasteiger partial charge in [0.2, 0.25) is 0 Å². The smallest absolute Gasteiger partial charge is 0.173 e. The molecular formula is C16H15FO2. The molecule has 0 N–H and O–H groups in total. The van der Waals surface area contributed by atoms with Gasteiger partial charge in [-0.15, -0.1) is 0 Å². The highest BCUT2D eigenvalue weighted by Gasteiger charge is 2.15. The summed E-state index contributed by atoms with van der Waals surface area (Å²) in [5, 5.41) is 0. The monoisotopic (exact) mass is 258 g/mol. The minimum Gasteiger partial charge on any atom is -0.453 e. The lowest BCUT2D eigenvalue weighted by Crippen LogP contribution is -2.00. The fourth-order valence-corrected chi connectivity index (χ4v) is 1.82. The summed E-state index contributed by atoms with van der Waals surface area (Å²) >= 11 is 0. The van der Waals surface area contributed by atoms with Crippen LogP contribution in [0, 0.1) is 19.7 Å². The maximum atomic E-state index is 13.9. The van der Waals surface area contributed by atoms with Crippen molar-refractivity contribution in [1.29, 1.82) is 0 Å². The van der Waals surface area contributed by atoms with Gasteiger partial charge in [-0.3, -0.25) is 4.79 Å². The first-order chi connectivity index (χ1) is 8.99. The molecule has 0 amide bonds. The molecule has 3 heteroatoms. The van der Waals surface area contributed by atoms with Crippen molar-refractivity contribution in [3.05, 3.63) is 58.9 Å². The third-order valence-corrected chi connectivity index (χ3v) is 2.90. The summed E-state index contributed by atoms with van der Waals surface area (Å²) in [6.07, 6.45) is 0. The van der Waals surface area contributed by atoms with Crippen LogP contribution in [0.4, 0.5) is 4.39 Å². The molecule has 0 aliphatic carbocycles. The van der Waals surface area contributed by atoms with Crippen LogP contribution in [0.25, 0.3) is 0 Å². The molecule has 0 spiro atoms. The van der Waals surface area contributed by atoms with Crippen LogP contribution < -0.4 is 4.74 Å². The lowest BCUT2D eigenvalue weighted by molar-refractivity contribution is 0.101. The van der Waals surface area contributed by atoms with E-state index in [1.165, 1.54) is 19.1 Å². The zero-order valence-electron chi connectivity index (χ0n) is 11.2. The molecule has 2 aromatic carbocycles. The van der Waals surface area contributed by atoms with Crippen molar-refractivity contribution < 1.29 is 13.9 Å². The topological polar surface area (TPSA) is 26.3 Å². The molecule has 0 unspecified atom stereocenters. The Kier molecular flexibility index (Phi) is 3.65. The van der Waals surface area contributed by atoms with Gasteiger partial charge in [0.1, 0.15) is 5.75 Å². The largest absolute Gasteiger partial charge is 0.453 e. The summed E-state index contributed by atoms with van der Waals surface area (Å²) in [5.41, 5.74) is 2.16. The van der Waals surface area contributed by atoms with Crippen LogP contribution >= 0.6 is 0 Å². The van der Waals surface area contributed by atoms with Crippen LogP contribution in [0.15, 0.2) is 36.4 Å². The highest BCUT2D eigenvalue weighted by atomic mass is 19.1. The number of benzene rings is 2. The van der Waals surface area contributed by atoms with Gasteiger partial charge in [0.05, 0.1) is 5.56 Å². The predicted octanol–water partition coefficient (Wildman–Crippen LogP) is 4.44. The number of halogens is 1. The molecule has 0 aliphatic heterocycles. The Labute approximate surface area is 111 Å². The minimum absolute atomic E-state index is 0.0105. The first kappa shape index (κ1) is 13.3. The Bertz CT molecular complexity index is 633. The van der Waals surface area contributed by atoms with Gasteiger partial charge in [-0.05, 0) is 50.1 Å². The first-order valence-electron chi connectivity index (χ1n) is 6.03. The van der Waals surface area contributed by atoms with E-state index in [0.29, 0.717) is 5.75 Å². The zero-order chi connectivity index (χ0) is 14.0. The number of hydrogen-bond donors (Lipinski definition) is 0. The van der Waals surface area contributed by atoms with Crippen LogP contribution in [0.2, 0.25) is 0 Å². The first-order valence-corrected chi connectivity index (χ1v) is 6.03. The second-order valence-corrected chi connectivity index (χ2v) is 4.54. The van der Waals surface area contributed by atoms with Crippen molar-refractivity contribution in [2.45, 2.75) is 20.8 Å². The average Bonchev–Trinajstić information content (AvgIpc) is 2.35. The molecule has 19 heavy (non-hydrogen) atoms. The van der Waals surface area contributed by atoms with Gasteiger partial charge < -0.3 is 4.74 Å². The van der Waals surface area contributed by atoms with Gasteiger partial charge in [0, 0.05) is 0 Å². The standard InChI is InChI=1S/C16H15FO2/c1-10-7-8-11(2)15(9-10)19-16-13(12(3)18)5-4-6-14(16)17/h4-9H,1-3H3. The van der Waals surface area contributed by atoms with E-state index in [-0.39, 0.29) is 17.1 Å². The second kappa shape index (κ2) is 5.22. The third kappa shape index (κ3) is 2.81. The van der Waals surface area contributed by atoms with Gasteiger partial charge >= 0.3 is 0 Å². The molecule has 0 aliphatic rings. The van der Waals surface area contributed by atoms with Crippen LogP contribution in [0.1, 0.15) is 28.4 Å². The van der Waals surface area contributed by atoms with Crippen molar-refractivity contribution in [2.24, 2.45) is 0 Å². The molecule has 0 bridgehead atoms. The van der Waals surface area contributed by atoms with Gasteiger partial charge in [-0.1, -0.05) is 18.2 Å². The van der Waals surface area contributed by atoms with E-state index in [9.17, 15) is 9.18 Å². The van der Waals surface area contributed by atoms with E-state index in [0.717, 1.165) is 11.1 Å². The molecule has 2 rings (SSSR count). The molecule has 0 radical (unpaired) electrons. The highest BCUT2D eigenvalue weighted by Crippen LogP contribution is 2.31. The quantitative estimate of drug-likeness (QED) is 0.761. The average molecular weight is 258 g/mol. The molecule has 0 atom stereocenters. The maximum absolute atomic E-state index is 13.9. The lowest BCUT2D eigenvalue weighted by atomic mass is 10.1. The second-order valence-electron chi connectivity index (χ2n) is 4.54. The van der Waals surface area contributed by atoms with Gasteiger partial charge in [-0.2, -0.15) is 0 Å². The number of carbonyl (C=O) groups excluding carboxylic acids is 1. The van der Waals surface area contributed by atoms with Gasteiger partial charge in [0.15, 0.2) is 17.3 Å². The van der Waals surface area contributed by atoms with E-state index in [4.69, 9.17) is 4.74 Å². The van der Waals surface area contributed by atoms with Crippen molar-refractivity contribution in [3.63, 3.8) is 0 Å². The SMILES string of the molecule is CC(=O)c1cccc(F)c1Oc1cc(C)ccc1C. The van der Waals surface area contributed by atoms with Crippen molar-refractivity contribution in [2.75, 3.05) is 0 Å². The molecule has 0 heterocycles. The maximum Gasteiger partial charge on any atom is 0.173 e. The summed E-state index contributed by atoms with van der Waals surface area (Å²) in [5.74, 6) is -0.204. The number of ketones is 1. The molecule has 0 saturated carbocycles. The summed E-state index contributed by atoms with van der Waals surface area (Å²) in [4.78, 5) is 11.5. The summed E-state index contributed by atoms with van der Waals surface area (Å²) < 4.78 is 19.5. The molecular weight excluding hydrogens is 243 g/mol. The van der Waals surface area contributed by atoms with Crippen molar-refractivity contribution in [1.82, 2.24) is 0 Å². The van der Waals surface area contributed by atoms with Crippen LogP contribution in [0.3, 0.4) is 0 Å². The van der Waals surface area contributed by atoms with Gasteiger partial charge in [0.25, 0.3) is 0 Å². The molecule has 0 saturated heterocycles. The Morgan fingerprint density at radius 1 is 1.16 bits per heavy atom. The number of Topliss-reactive ketones (excluding diaryl/α,β-unsaturated/α-hetero) is 1. The normalized spacial score (nSPS) is 10.3. The van der Waals surface area contributed by atoms with Crippen molar-refractivity contribution >= 4 is 5.78 Å². The van der Waals surface area contributed by atoms with E-state index in [1.807, 2.05) is 32.0 Å². The number of ether oxygens (including phenoxy) is 1. The Morgan fingerprint density at radius 3 is 2.58 bits per heavy atom. The molecule has 98 valence electrons.